The van der Waals surface area contributed by atoms with E-state index in [1.807, 2.05) is 0 Å². The number of hydrogen-bond acceptors (Lipinski definition) is 2. The second-order valence-electron chi connectivity index (χ2n) is 5.96. The third-order valence-corrected chi connectivity index (χ3v) is 4.23. The first-order valence-corrected chi connectivity index (χ1v) is 8.15. The second-order valence-corrected chi connectivity index (χ2v) is 5.96. The van der Waals surface area contributed by atoms with Gasteiger partial charge in [0.05, 0.1) is 6.10 Å². The van der Waals surface area contributed by atoms with Gasteiger partial charge in [-0.15, -0.1) is 0 Å². The first kappa shape index (κ1) is 16.0. The molecular formula is C16H33NO. The molecule has 0 radical (unpaired) electrons. The Morgan fingerprint density at radius 2 is 1.78 bits per heavy atom. The molecule has 1 saturated carbocycles. The Morgan fingerprint density at radius 3 is 2.50 bits per heavy atom. The van der Waals surface area contributed by atoms with Crippen molar-refractivity contribution < 1.29 is 4.74 Å². The fourth-order valence-corrected chi connectivity index (χ4v) is 3.04. The van der Waals surface area contributed by atoms with Crippen LogP contribution in [-0.2, 0) is 4.74 Å². The van der Waals surface area contributed by atoms with Gasteiger partial charge in [0.1, 0.15) is 0 Å². The summed E-state index contributed by atoms with van der Waals surface area (Å²) in [7, 11) is 0. The lowest BCUT2D eigenvalue weighted by Crippen LogP contribution is -2.42. The van der Waals surface area contributed by atoms with Crippen molar-refractivity contribution in [3.63, 3.8) is 0 Å². The molecule has 1 aliphatic carbocycles. The molecular weight excluding hydrogens is 222 g/mol. The standard InChI is InChI=1S/C16H33NO/c1-3-5-6-7-8-12-18-16-13-14(9-4-2)10-11-15(16)17/h14-16H,3-13,17H2,1-2H3. The molecule has 0 amide bonds. The van der Waals surface area contributed by atoms with E-state index >= 15 is 0 Å². The van der Waals surface area contributed by atoms with Crippen molar-refractivity contribution in [2.45, 2.75) is 90.2 Å². The van der Waals surface area contributed by atoms with Gasteiger partial charge in [-0.05, 0) is 31.6 Å². The van der Waals surface area contributed by atoms with Gasteiger partial charge in [0.2, 0.25) is 0 Å². The van der Waals surface area contributed by atoms with Gasteiger partial charge >= 0.3 is 0 Å². The Morgan fingerprint density at radius 1 is 1.00 bits per heavy atom. The minimum absolute atomic E-state index is 0.286. The molecule has 1 aliphatic rings. The predicted molar refractivity (Wildman–Crippen MR) is 78.7 cm³/mol. The number of nitrogens with two attached hydrogens (primary N) is 1. The molecule has 0 aromatic heterocycles. The Bertz CT molecular complexity index is 196. The van der Waals surface area contributed by atoms with Crippen molar-refractivity contribution in [2.24, 2.45) is 11.7 Å². The van der Waals surface area contributed by atoms with Crippen LogP contribution in [0.2, 0.25) is 0 Å². The largest absolute Gasteiger partial charge is 0.377 e. The maximum atomic E-state index is 6.17. The molecule has 0 aliphatic heterocycles. The van der Waals surface area contributed by atoms with E-state index < -0.39 is 0 Å². The molecule has 1 fully saturated rings. The second kappa shape index (κ2) is 9.80. The zero-order valence-electron chi connectivity index (χ0n) is 12.5. The van der Waals surface area contributed by atoms with Crippen molar-refractivity contribution in [3.8, 4) is 0 Å². The van der Waals surface area contributed by atoms with Gasteiger partial charge in [0.15, 0.2) is 0 Å². The van der Waals surface area contributed by atoms with Crippen LogP contribution in [0.15, 0.2) is 0 Å². The number of unbranched alkanes of at least 4 members (excludes halogenated alkanes) is 4. The van der Waals surface area contributed by atoms with Gasteiger partial charge in [-0.1, -0.05) is 52.4 Å². The summed E-state index contributed by atoms with van der Waals surface area (Å²) >= 11 is 0. The third-order valence-electron chi connectivity index (χ3n) is 4.23. The van der Waals surface area contributed by atoms with Gasteiger partial charge in [-0.25, -0.2) is 0 Å². The molecule has 108 valence electrons. The molecule has 2 nitrogen and oxygen atoms in total. The van der Waals surface area contributed by atoms with E-state index in [4.69, 9.17) is 10.5 Å². The molecule has 3 unspecified atom stereocenters. The molecule has 0 spiro atoms. The first-order chi connectivity index (χ1) is 8.77. The van der Waals surface area contributed by atoms with E-state index in [9.17, 15) is 0 Å². The highest BCUT2D eigenvalue weighted by atomic mass is 16.5. The quantitative estimate of drug-likeness (QED) is 0.624. The summed E-state index contributed by atoms with van der Waals surface area (Å²) in [5.74, 6) is 0.861. The molecule has 2 N–H and O–H groups in total. The van der Waals surface area contributed by atoms with Crippen LogP contribution in [-0.4, -0.2) is 18.8 Å². The minimum Gasteiger partial charge on any atom is -0.377 e. The van der Waals surface area contributed by atoms with Crippen molar-refractivity contribution in [3.05, 3.63) is 0 Å². The topological polar surface area (TPSA) is 35.2 Å². The van der Waals surface area contributed by atoms with E-state index in [0.29, 0.717) is 6.10 Å². The first-order valence-electron chi connectivity index (χ1n) is 8.15. The van der Waals surface area contributed by atoms with E-state index in [0.717, 1.165) is 18.9 Å². The fraction of sp³-hybridized carbons (Fsp3) is 1.00. The van der Waals surface area contributed by atoms with Crippen molar-refractivity contribution in [1.29, 1.82) is 0 Å². The van der Waals surface area contributed by atoms with Crippen LogP contribution in [0, 0.1) is 5.92 Å². The highest BCUT2D eigenvalue weighted by molar-refractivity contribution is 4.83. The van der Waals surface area contributed by atoms with Crippen LogP contribution >= 0.6 is 0 Å². The fourth-order valence-electron chi connectivity index (χ4n) is 3.04. The molecule has 0 aromatic rings. The average Bonchev–Trinajstić information content (AvgIpc) is 2.37. The lowest BCUT2D eigenvalue weighted by Gasteiger charge is -2.34. The minimum atomic E-state index is 0.286. The highest BCUT2D eigenvalue weighted by Gasteiger charge is 2.27. The third kappa shape index (κ3) is 6.19. The summed E-state index contributed by atoms with van der Waals surface area (Å²) in [5.41, 5.74) is 6.17. The summed E-state index contributed by atoms with van der Waals surface area (Å²) in [6.07, 6.45) is 13.2. The van der Waals surface area contributed by atoms with E-state index in [1.165, 1.54) is 57.8 Å². The molecule has 0 aromatic carbocycles. The summed E-state index contributed by atoms with van der Waals surface area (Å²) in [6.45, 7) is 5.45. The molecule has 3 atom stereocenters. The summed E-state index contributed by atoms with van der Waals surface area (Å²) in [6, 6.07) is 0.286. The smallest absolute Gasteiger partial charge is 0.0728 e. The monoisotopic (exact) mass is 255 g/mol. The van der Waals surface area contributed by atoms with Gasteiger partial charge in [0.25, 0.3) is 0 Å². The SMILES string of the molecule is CCCCCCCOC1CC(CCC)CCC1N. The van der Waals surface area contributed by atoms with E-state index in [2.05, 4.69) is 13.8 Å². The lowest BCUT2D eigenvalue weighted by atomic mass is 9.82. The molecule has 0 bridgehead atoms. The van der Waals surface area contributed by atoms with Crippen molar-refractivity contribution in [1.82, 2.24) is 0 Å². The van der Waals surface area contributed by atoms with Crippen LogP contribution in [0.5, 0.6) is 0 Å². The van der Waals surface area contributed by atoms with Crippen LogP contribution in [0.25, 0.3) is 0 Å². The Kier molecular flexibility index (Phi) is 8.70. The highest BCUT2D eigenvalue weighted by Crippen LogP contribution is 2.29. The van der Waals surface area contributed by atoms with Gasteiger partial charge in [-0.3, -0.25) is 0 Å². The normalized spacial score (nSPS) is 28.5. The zero-order valence-corrected chi connectivity index (χ0v) is 12.5. The van der Waals surface area contributed by atoms with Crippen molar-refractivity contribution >= 4 is 0 Å². The van der Waals surface area contributed by atoms with Crippen LogP contribution in [0.3, 0.4) is 0 Å². The number of rotatable bonds is 9. The molecule has 18 heavy (non-hydrogen) atoms. The molecule has 1 rings (SSSR count). The van der Waals surface area contributed by atoms with E-state index in [-0.39, 0.29) is 6.04 Å². The lowest BCUT2D eigenvalue weighted by molar-refractivity contribution is -0.00314. The summed E-state index contributed by atoms with van der Waals surface area (Å²) in [4.78, 5) is 0. The van der Waals surface area contributed by atoms with Gasteiger partial charge < -0.3 is 10.5 Å². The Hall–Kier alpha value is -0.0800. The summed E-state index contributed by atoms with van der Waals surface area (Å²) in [5, 5.41) is 0. The van der Waals surface area contributed by atoms with Crippen LogP contribution in [0.1, 0.15) is 78.1 Å². The van der Waals surface area contributed by atoms with Crippen LogP contribution < -0.4 is 5.73 Å². The maximum Gasteiger partial charge on any atom is 0.0728 e. The maximum absolute atomic E-state index is 6.17. The zero-order chi connectivity index (χ0) is 13.2. The van der Waals surface area contributed by atoms with Gasteiger partial charge in [-0.2, -0.15) is 0 Å². The summed E-state index contributed by atoms with van der Waals surface area (Å²) < 4.78 is 6.03. The Labute approximate surface area is 114 Å². The van der Waals surface area contributed by atoms with Gasteiger partial charge in [0, 0.05) is 12.6 Å². The van der Waals surface area contributed by atoms with Crippen molar-refractivity contribution in [2.75, 3.05) is 6.61 Å². The molecule has 0 saturated heterocycles. The molecule has 0 heterocycles. The van der Waals surface area contributed by atoms with Crippen LogP contribution in [0.4, 0.5) is 0 Å². The number of hydrogen-bond donors (Lipinski definition) is 1. The Balaban J connectivity index is 2.10. The predicted octanol–water partition coefficient (Wildman–Crippen LogP) is 4.27. The average molecular weight is 255 g/mol. The number of ether oxygens (including phenoxy) is 1. The van der Waals surface area contributed by atoms with E-state index in [1.54, 1.807) is 0 Å². The molecule has 2 heteroatoms.